The molecule has 0 saturated heterocycles. The van der Waals surface area contributed by atoms with Crippen LogP contribution in [0.2, 0.25) is 0 Å². The molecule has 0 amide bonds. The van der Waals surface area contributed by atoms with E-state index in [1.807, 2.05) is 0 Å². The van der Waals surface area contributed by atoms with E-state index in [-0.39, 0.29) is 11.5 Å². The van der Waals surface area contributed by atoms with Crippen molar-refractivity contribution < 1.29 is 0 Å². The van der Waals surface area contributed by atoms with E-state index in [1.165, 1.54) is 17.5 Å². The highest BCUT2D eigenvalue weighted by Gasteiger charge is 2.24. The van der Waals surface area contributed by atoms with E-state index in [2.05, 4.69) is 57.4 Å². The van der Waals surface area contributed by atoms with Crippen LogP contribution >= 0.6 is 0 Å². The fourth-order valence-electron chi connectivity index (χ4n) is 2.06. The highest BCUT2D eigenvalue weighted by molar-refractivity contribution is 5.27. The molecule has 0 heterocycles. The average Bonchev–Trinajstić information content (AvgIpc) is 2.17. The van der Waals surface area contributed by atoms with Gasteiger partial charge in [0.1, 0.15) is 0 Å². The summed E-state index contributed by atoms with van der Waals surface area (Å²) >= 11 is 0. The molecule has 16 heavy (non-hydrogen) atoms. The summed E-state index contributed by atoms with van der Waals surface area (Å²) < 4.78 is 0. The largest absolute Gasteiger partial charge is 0.271 e. The molecule has 2 heteroatoms. The Kier molecular flexibility index (Phi) is 4.51. The Morgan fingerprint density at radius 3 is 2.50 bits per heavy atom. The number of nitrogens with one attached hydrogen (secondary N) is 1. The molecule has 90 valence electrons. The number of hydrogen-bond acceptors (Lipinski definition) is 2. The van der Waals surface area contributed by atoms with Gasteiger partial charge in [0, 0.05) is 0 Å². The van der Waals surface area contributed by atoms with Crippen LogP contribution in [0.3, 0.4) is 0 Å². The molecule has 3 N–H and O–H groups in total. The molecule has 1 atom stereocenters. The van der Waals surface area contributed by atoms with Crippen molar-refractivity contribution in [3.8, 4) is 0 Å². The molecular weight excluding hydrogens is 196 g/mol. The zero-order valence-corrected chi connectivity index (χ0v) is 10.9. The van der Waals surface area contributed by atoms with Gasteiger partial charge in [0.25, 0.3) is 0 Å². The maximum absolute atomic E-state index is 5.66. The third-order valence-corrected chi connectivity index (χ3v) is 2.86. The molecule has 0 fully saturated rings. The number of hydrazine groups is 1. The first-order chi connectivity index (χ1) is 7.49. The van der Waals surface area contributed by atoms with Crippen molar-refractivity contribution in [3.05, 3.63) is 35.4 Å². The van der Waals surface area contributed by atoms with Crippen molar-refractivity contribution in [3.63, 3.8) is 0 Å². The van der Waals surface area contributed by atoms with Gasteiger partial charge in [-0.3, -0.25) is 11.3 Å². The number of rotatable bonds is 4. The first kappa shape index (κ1) is 13.2. The second-order valence-electron chi connectivity index (χ2n) is 5.46. The maximum Gasteiger partial charge on any atom is 0.0508 e. The van der Waals surface area contributed by atoms with E-state index >= 15 is 0 Å². The fraction of sp³-hybridized carbons (Fsp3) is 0.571. The summed E-state index contributed by atoms with van der Waals surface area (Å²) in [6, 6.07) is 8.91. The second kappa shape index (κ2) is 5.46. The lowest BCUT2D eigenvalue weighted by Crippen LogP contribution is -2.36. The first-order valence-corrected chi connectivity index (χ1v) is 6.04. The molecule has 0 aliphatic rings. The van der Waals surface area contributed by atoms with Crippen LogP contribution in [0.15, 0.2) is 24.3 Å². The summed E-state index contributed by atoms with van der Waals surface area (Å²) in [5.74, 6) is 5.66. The minimum atomic E-state index is 0.125. The van der Waals surface area contributed by atoms with E-state index in [1.54, 1.807) is 0 Å². The second-order valence-corrected chi connectivity index (χ2v) is 5.46. The third kappa shape index (κ3) is 3.32. The molecule has 1 aromatic rings. The monoisotopic (exact) mass is 220 g/mol. The van der Waals surface area contributed by atoms with Gasteiger partial charge in [-0.1, -0.05) is 58.4 Å². The predicted octanol–water partition coefficient (Wildman–Crippen LogP) is 3.19. The van der Waals surface area contributed by atoms with Crippen LogP contribution in [0.4, 0.5) is 0 Å². The van der Waals surface area contributed by atoms with E-state index < -0.39 is 0 Å². The van der Waals surface area contributed by atoms with Crippen LogP contribution in [0, 0.1) is 5.41 Å². The summed E-state index contributed by atoms with van der Waals surface area (Å²) in [4.78, 5) is 0. The van der Waals surface area contributed by atoms with E-state index in [4.69, 9.17) is 5.84 Å². The lowest BCUT2D eigenvalue weighted by molar-refractivity contribution is 0.275. The number of aryl methyl sites for hydroxylation is 1. The van der Waals surface area contributed by atoms with Gasteiger partial charge < -0.3 is 0 Å². The van der Waals surface area contributed by atoms with Gasteiger partial charge >= 0.3 is 0 Å². The summed E-state index contributed by atoms with van der Waals surface area (Å²) in [6.45, 7) is 8.80. The SMILES string of the molecule is CCCc1cccc(C(NN)C(C)(C)C)c1. The molecule has 0 aromatic heterocycles. The van der Waals surface area contributed by atoms with Gasteiger partial charge in [-0.25, -0.2) is 0 Å². The lowest BCUT2D eigenvalue weighted by atomic mass is 9.82. The Bertz CT molecular complexity index is 326. The molecule has 0 radical (unpaired) electrons. The average molecular weight is 220 g/mol. The zero-order valence-electron chi connectivity index (χ0n) is 10.9. The normalized spacial score (nSPS) is 13.8. The summed E-state index contributed by atoms with van der Waals surface area (Å²) in [5, 5.41) is 0. The molecule has 0 spiro atoms. The number of nitrogens with two attached hydrogens (primary N) is 1. The predicted molar refractivity (Wildman–Crippen MR) is 70.0 cm³/mol. The molecule has 0 aliphatic carbocycles. The molecular formula is C14H24N2. The Labute approximate surface area is 99.2 Å². The minimum Gasteiger partial charge on any atom is -0.271 e. The summed E-state index contributed by atoms with van der Waals surface area (Å²) in [5.41, 5.74) is 5.72. The van der Waals surface area contributed by atoms with Crippen molar-refractivity contribution in [2.75, 3.05) is 0 Å². The summed E-state index contributed by atoms with van der Waals surface area (Å²) in [6.07, 6.45) is 2.31. The molecule has 1 rings (SSSR count). The number of benzene rings is 1. The van der Waals surface area contributed by atoms with Crippen LogP contribution in [0.1, 0.15) is 51.3 Å². The molecule has 2 nitrogen and oxygen atoms in total. The molecule has 0 bridgehead atoms. The van der Waals surface area contributed by atoms with E-state index in [0.29, 0.717) is 0 Å². The van der Waals surface area contributed by atoms with Crippen molar-refractivity contribution in [2.24, 2.45) is 11.3 Å². The van der Waals surface area contributed by atoms with Gasteiger partial charge in [0.05, 0.1) is 6.04 Å². The van der Waals surface area contributed by atoms with Crippen LogP contribution in [0.5, 0.6) is 0 Å². The van der Waals surface area contributed by atoms with Crippen molar-refractivity contribution in [1.82, 2.24) is 5.43 Å². The Balaban J connectivity index is 2.97. The van der Waals surface area contributed by atoms with E-state index in [0.717, 1.165) is 6.42 Å². The Hall–Kier alpha value is -0.860. The Morgan fingerprint density at radius 1 is 1.31 bits per heavy atom. The van der Waals surface area contributed by atoms with Gasteiger partial charge in [-0.2, -0.15) is 0 Å². The quantitative estimate of drug-likeness (QED) is 0.604. The summed E-state index contributed by atoms with van der Waals surface area (Å²) in [7, 11) is 0. The van der Waals surface area contributed by atoms with Gasteiger partial charge in [0.15, 0.2) is 0 Å². The molecule has 0 aliphatic heterocycles. The maximum atomic E-state index is 5.66. The van der Waals surface area contributed by atoms with Crippen LogP contribution in [-0.2, 0) is 6.42 Å². The highest BCUT2D eigenvalue weighted by Crippen LogP contribution is 2.32. The van der Waals surface area contributed by atoms with Crippen molar-refractivity contribution >= 4 is 0 Å². The minimum absolute atomic E-state index is 0.125. The van der Waals surface area contributed by atoms with E-state index in [9.17, 15) is 0 Å². The number of hydrogen-bond donors (Lipinski definition) is 2. The Morgan fingerprint density at radius 2 is 2.00 bits per heavy atom. The third-order valence-electron chi connectivity index (χ3n) is 2.86. The van der Waals surface area contributed by atoms with Crippen LogP contribution < -0.4 is 11.3 Å². The van der Waals surface area contributed by atoms with Crippen LogP contribution in [-0.4, -0.2) is 0 Å². The van der Waals surface area contributed by atoms with Crippen molar-refractivity contribution in [2.45, 2.75) is 46.6 Å². The zero-order chi connectivity index (χ0) is 12.2. The smallest absolute Gasteiger partial charge is 0.0508 e. The van der Waals surface area contributed by atoms with Gasteiger partial charge in [-0.15, -0.1) is 0 Å². The molecule has 0 saturated carbocycles. The first-order valence-electron chi connectivity index (χ1n) is 6.04. The highest BCUT2D eigenvalue weighted by atomic mass is 15.2. The molecule has 1 unspecified atom stereocenters. The lowest BCUT2D eigenvalue weighted by Gasteiger charge is -2.30. The van der Waals surface area contributed by atoms with Crippen LogP contribution in [0.25, 0.3) is 0 Å². The van der Waals surface area contributed by atoms with Gasteiger partial charge in [-0.05, 0) is 23.0 Å². The standard InChI is InChI=1S/C14H24N2/c1-5-7-11-8-6-9-12(10-11)13(16-15)14(2,3)4/h6,8-10,13,16H,5,7,15H2,1-4H3. The molecule has 1 aromatic carbocycles. The fourth-order valence-corrected chi connectivity index (χ4v) is 2.06. The van der Waals surface area contributed by atoms with Crippen molar-refractivity contribution in [1.29, 1.82) is 0 Å². The topological polar surface area (TPSA) is 38.0 Å². The van der Waals surface area contributed by atoms with Gasteiger partial charge in [0.2, 0.25) is 0 Å².